The Balaban J connectivity index is 2.04. The molecule has 2 aromatic rings. The van der Waals surface area contributed by atoms with Gasteiger partial charge in [-0.25, -0.2) is 9.97 Å². The minimum Gasteiger partial charge on any atom is -0.405 e. The highest BCUT2D eigenvalue weighted by molar-refractivity contribution is 5.93. The normalized spacial score (nSPS) is 11.1. The molecule has 1 aromatic heterocycles. The average molecular weight is 325 g/mol. The lowest BCUT2D eigenvalue weighted by molar-refractivity contribution is -0.274. The summed E-state index contributed by atoms with van der Waals surface area (Å²) in [7, 11) is 0. The minimum absolute atomic E-state index is 0.111. The molecular formula is C15H14F3N3O2. The highest BCUT2D eigenvalue weighted by Gasteiger charge is 2.31. The summed E-state index contributed by atoms with van der Waals surface area (Å²) in [6, 6.07) is 5.61. The second kappa shape index (κ2) is 7.08. The first-order valence-electron chi connectivity index (χ1n) is 6.82. The van der Waals surface area contributed by atoms with Gasteiger partial charge in [0.2, 0.25) is 0 Å². The van der Waals surface area contributed by atoms with Crippen LogP contribution in [-0.4, -0.2) is 22.2 Å². The molecule has 0 radical (unpaired) electrons. The van der Waals surface area contributed by atoms with Crippen molar-refractivity contribution in [2.45, 2.75) is 26.3 Å². The third-order valence-corrected chi connectivity index (χ3v) is 2.92. The van der Waals surface area contributed by atoms with Crippen molar-refractivity contribution in [1.82, 2.24) is 15.3 Å². The van der Waals surface area contributed by atoms with Gasteiger partial charge in [-0.1, -0.05) is 25.1 Å². The van der Waals surface area contributed by atoms with E-state index in [-0.39, 0.29) is 23.4 Å². The summed E-state index contributed by atoms with van der Waals surface area (Å²) in [6.07, 6.45) is -1.40. The number of halogens is 3. The van der Waals surface area contributed by atoms with Crippen LogP contribution in [0, 0.1) is 0 Å². The van der Waals surface area contributed by atoms with E-state index in [0.29, 0.717) is 12.2 Å². The summed E-state index contributed by atoms with van der Waals surface area (Å²) in [5.74, 6) is -0.224. The number of ether oxygens (including phenoxy) is 1. The van der Waals surface area contributed by atoms with Crippen LogP contribution in [0.3, 0.4) is 0 Å². The fourth-order valence-corrected chi connectivity index (χ4v) is 1.81. The van der Waals surface area contributed by atoms with Crippen LogP contribution in [0.1, 0.15) is 28.7 Å². The fourth-order valence-electron chi connectivity index (χ4n) is 1.81. The Morgan fingerprint density at radius 2 is 1.87 bits per heavy atom. The van der Waals surface area contributed by atoms with E-state index in [0.717, 1.165) is 0 Å². The maximum atomic E-state index is 12.3. The van der Waals surface area contributed by atoms with Crippen molar-refractivity contribution < 1.29 is 22.7 Å². The van der Waals surface area contributed by atoms with Gasteiger partial charge >= 0.3 is 6.36 Å². The molecule has 0 fully saturated rings. The van der Waals surface area contributed by atoms with Gasteiger partial charge in [0, 0.05) is 30.9 Å². The van der Waals surface area contributed by atoms with E-state index in [1.807, 2.05) is 6.92 Å². The Labute approximate surface area is 130 Å². The molecule has 0 aliphatic rings. The molecule has 1 heterocycles. The van der Waals surface area contributed by atoms with Crippen molar-refractivity contribution in [2.75, 3.05) is 0 Å². The summed E-state index contributed by atoms with van der Waals surface area (Å²) in [6.45, 7) is 1.77. The summed E-state index contributed by atoms with van der Waals surface area (Å²) >= 11 is 0. The van der Waals surface area contributed by atoms with Gasteiger partial charge in [-0.3, -0.25) is 4.79 Å². The van der Waals surface area contributed by atoms with Crippen molar-refractivity contribution in [3.63, 3.8) is 0 Å². The molecule has 0 atom stereocenters. The molecule has 1 N–H and O–H groups in total. The van der Waals surface area contributed by atoms with Crippen LogP contribution in [0.5, 0.6) is 5.75 Å². The Kier molecular flexibility index (Phi) is 5.15. The number of para-hydroxylation sites is 1. The van der Waals surface area contributed by atoms with Crippen LogP contribution in [0.15, 0.2) is 36.7 Å². The first-order chi connectivity index (χ1) is 10.9. The van der Waals surface area contributed by atoms with E-state index in [2.05, 4.69) is 20.0 Å². The first-order valence-corrected chi connectivity index (χ1v) is 6.82. The van der Waals surface area contributed by atoms with Crippen LogP contribution < -0.4 is 10.1 Å². The van der Waals surface area contributed by atoms with Gasteiger partial charge in [-0.05, 0) is 6.07 Å². The summed E-state index contributed by atoms with van der Waals surface area (Å²) in [4.78, 5) is 19.9. The molecule has 2 rings (SSSR count). The zero-order valence-corrected chi connectivity index (χ0v) is 12.2. The predicted molar refractivity (Wildman–Crippen MR) is 75.7 cm³/mol. The molecule has 0 aliphatic heterocycles. The minimum atomic E-state index is -4.79. The number of benzene rings is 1. The van der Waals surface area contributed by atoms with E-state index in [4.69, 9.17) is 0 Å². The van der Waals surface area contributed by atoms with Crippen LogP contribution in [-0.2, 0) is 13.0 Å². The quantitative estimate of drug-likeness (QED) is 0.918. The molecule has 0 saturated carbocycles. The molecule has 1 amide bonds. The van der Waals surface area contributed by atoms with Crippen LogP contribution in [0.2, 0.25) is 0 Å². The van der Waals surface area contributed by atoms with E-state index < -0.39 is 12.3 Å². The monoisotopic (exact) mass is 325 g/mol. The van der Waals surface area contributed by atoms with Gasteiger partial charge in [-0.2, -0.15) is 0 Å². The summed E-state index contributed by atoms with van der Waals surface area (Å²) in [5, 5.41) is 2.51. The second-order valence-electron chi connectivity index (χ2n) is 4.58. The molecule has 0 saturated heterocycles. The lowest BCUT2D eigenvalue weighted by atomic mass is 10.2. The molecule has 0 bridgehead atoms. The second-order valence-corrected chi connectivity index (χ2v) is 4.58. The molecule has 0 spiro atoms. The molecule has 122 valence electrons. The Hall–Kier alpha value is -2.64. The van der Waals surface area contributed by atoms with Crippen LogP contribution in [0.4, 0.5) is 13.2 Å². The fraction of sp³-hybridized carbons (Fsp3) is 0.267. The predicted octanol–water partition coefficient (Wildman–Crippen LogP) is 2.87. The van der Waals surface area contributed by atoms with Gasteiger partial charge in [0.1, 0.15) is 11.6 Å². The molecule has 1 aromatic carbocycles. The molecule has 8 heteroatoms. The number of rotatable bonds is 5. The third kappa shape index (κ3) is 4.94. The number of aryl methyl sites for hydroxylation is 1. The van der Waals surface area contributed by atoms with Crippen molar-refractivity contribution in [2.24, 2.45) is 0 Å². The van der Waals surface area contributed by atoms with Gasteiger partial charge in [0.05, 0.1) is 5.56 Å². The molecular weight excluding hydrogens is 311 g/mol. The Bertz CT molecular complexity index is 672. The highest BCUT2D eigenvalue weighted by atomic mass is 19.4. The van der Waals surface area contributed by atoms with Gasteiger partial charge < -0.3 is 10.1 Å². The molecule has 0 aliphatic carbocycles. The van der Waals surface area contributed by atoms with E-state index in [1.165, 1.54) is 30.6 Å². The number of amides is 1. The van der Waals surface area contributed by atoms with Crippen molar-refractivity contribution in [3.8, 4) is 5.75 Å². The number of hydrogen-bond donors (Lipinski definition) is 1. The molecule has 0 unspecified atom stereocenters. The molecule has 23 heavy (non-hydrogen) atoms. The summed E-state index contributed by atoms with van der Waals surface area (Å²) in [5.41, 5.74) is 0.445. The van der Waals surface area contributed by atoms with E-state index in [9.17, 15) is 18.0 Å². The Morgan fingerprint density at radius 1 is 1.22 bits per heavy atom. The van der Waals surface area contributed by atoms with Crippen molar-refractivity contribution >= 4 is 5.91 Å². The number of hydrogen-bond acceptors (Lipinski definition) is 4. The van der Waals surface area contributed by atoms with Gasteiger partial charge in [0.25, 0.3) is 5.91 Å². The Morgan fingerprint density at radius 3 is 2.48 bits per heavy atom. The maximum Gasteiger partial charge on any atom is 0.573 e. The topological polar surface area (TPSA) is 64.1 Å². The van der Waals surface area contributed by atoms with E-state index >= 15 is 0 Å². The van der Waals surface area contributed by atoms with Gasteiger partial charge in [0.15, 0.2) is 0 Å². The van der Waals surface area contributed by atoms with Crippen molar-refractivity contribution in [1.29, 1.82) is 0 Å². The first kappa shape index (κ1) is 16.7. The largest absolute Gasteiger partial charge is 0.573 e. The zero-order chi connectivity index (χ0) is 16.9. The van der Waals surface area contributed by atoms with Gasteiger partial charge in [-0.15, -0.1) is 13.2 Å². The molecule has 5 nitrogen and oxygen atoms in total. The number of alkyl halides is 3. The van der Waals surface area contributed by atoms with Crippen LogP contribution in [0.25, 0.3) is 0 Å². The lowest BCUT2D eigenvalue weighted by Gasteiger charge is -2.13. The number of carbonyl (C=O) groups excluding carboxylic acids is 1. The van der Waals surface area contributed by atoms with Crippen LogP contribution >= 0.6 is 0 Å². The number of nitrogens with one attached hydrogen (secondary N) is 1. The smallest absolute Gasteiger partial charge is 0.405 e. The number of nitrogens with zero attached hydrogens (tertiary/aromatic N) is 2. The average Bonchev–Trinajstić information content (AvgIpc) is 2.52. The maximum absolute atomic E-state index is 12.3. The summed E-state index contributed by atoms with van der Waals surface area (Å²) < 4.78 is 40.9. The number of carbonyl (C=O) groups is 1. The number of aromatic nitrogens is 2. The zero-order valence-electron chi connectivity index (χ0n) is 12.2. The van der Waals surface area contributed by atoms with Crippen molar-refractivity contribution in [3.05, 3.63) is 53.6 Å². The van der Waals surface area contributed by atoms with E-state index in [1.54, 1.807) is 6.07 Å². The SMILES string of the molecule is CCc1ncc(C(=O)NCc2ccccc2OC(F)(F)F)cn1. The third-order valence-electron chi connectivity index (χ3n) is 2.92. The highest BCUT2D eigenvalue weighted by Crippen LogP contribution is 2.26. The standard InChI is InChI=1S/C15H14F3N3O2/c1-2-13-19-8-11(9-20-13)14(22)21-7-10-5-3-4-6-12(10)23-15(16,17)18/h3-6,8-9H,2,7H2,1H3,(H,21,22). The lowest BCUT2D eigenvalue weighted by Crippen LogP contribution is -2.24.